The number of rotatable bonds is 3. The Bertz CT molecular complexity index is 592. The van der Waals surface area contributed by atoms with E-state index in [1.54, 1.807) is 0 Å². The molecule has 1 unspecified atom stereocenters. The Balaban J connectivity index is 1.82. The van der Waals surface area contributed by atoms with Gasteiger partial charge in [0.2, 0.25) is 10.0 Å². The summed E-state index contributed by atoms with van der Waals surface area (Å²) >= 11 is 0. The van der Waals surface area contributed by atoms with Gasteiger partial charge in [0, 0.05) is 18.3 Å². The molecule has 0 spiro atoms. The number of nitrogens with one attached hydrogen (secondary N) is 1. The molecule has 3 aliphatic heterocycles. The van der Waals surface area contributed by atoms with Crippen molar-refractivity contribution in [2.75, 3.05) is 25.4 Å². The molecule has 20 heavy (non-hydrogen) atoms. The summed E-state index contributed by atoms with van der Waals surface area (Å²) in [6.45, 7) is 2.81. The Labute approximate surface area is 118 Å². The van der Waals surface area contributed by atoms with Crippen LogP contribution in [-0.2, 0) is 10.0 Å². The summed E-state index contributed by atoms with van der Waals surface area (Å²) in [6, 6.07) is 3.30. The molecule has 110 valence electrons. The van der Waals surface area contributed by atoms with Crippen LogP contribution >= 0.6 is 0 Å². The van der Waals surface area contributed by atoms with Crippen LogP contribution in [0.1, 0.15) is 12.8 Å². The predicted octanol–water partition coefficient (Wildman–Crippen LogP) is 0.780. The second-order valence-electron chi connectivity index (χ2n) is 5.59. The van der Waals surface area contributed by atoms with Crippen molar-refractivity contribution < 1.29 is 12.8 Å². The van der Waals surface area contributed by atoms with E-state index in [0.29, 0.717) is 5.92 Å². The summed E-state index contributed by atoms with van der Waals surface area (Å²) in [7, 11) is -3.72. The van der Waals surface area contributed by atoms with Crippen LogP contribution in [0.3, 0.4) is 0 Å². The van der Waals surface area contributed by atoms with Crippen LogP contribution in [0.15, 0.2) is 23.1 Å². The van der Waals surface area contributed by atoms with Gasteiger partial charge in [-0.05, 0) is 50.0 Å². The molecule has 3 saturated heterocycles. The quantitative estimate of drug-likeness (QED) is 0.809. The topological polar surface area (TPSA) is 75.4 Å². The van der Waals surface area contributed by atoms with Gasteiger partial charge in [-0.2, -0.15) is 0 Å². The maximum atomic E-state index is 13.3. The third kappa shape index (κ3) is 2.65. The van der Waals surface area contributed by atoms with Crippen LogP contribution in [0.5, 0.6) is 0 Å². The number of nitrogen functional groups attached to an aromatic ring is 1. The molecule has 2 bridgehead atoms. The van der Waals surface area contributed by atoms with E-state index in [1.807, 2.05) is 0 Å². The minimum Gasteiger partial charge on any atom is -0.399 e. The molecule has 0 amide bonds. The van der Waals surface area contributed by atoms with Crippen LogP contribution in [0.25, 0.3) is 0 Å². The van der Waals surface area contributed by atoms with Gasteiger partial charge in [-0.3, -0.25) is 0 Å². The molecule has 3 heterocycles. The summed E-state index contributed by atoms with van der Waals surface area (Å²) in [5.74, 6) is -0.264. The lowest BCUT2D eigenvalue weighted by Gasteiger charge is -2.44. The average molecular weight is 299 g/mol. The Morgan fingerprint density at radius 1 is 1.25 bits per heavy atom. The monoisotopic (exact) mass is 299 g/mol. The maximum Gasteiger partial charge on any atom is 0.241 e. The van der Waals surface area contributed by atoms with E-state index in [-0.39, 0.29) is 16.6 Å². The number of benzene rings is 1. The van der Waals surface area contributed by atoms with Crippen LogP contribution in [0.2, 0.25) is 0 Å². The van der Waals surface area contributed by atoms with E-state index in [4.69, 9.17) is 5.73 Å². The van der Waals surface area contributed by atoms with Gasteiger partial charge < -0.3 is 10.6 Å². The lowest BCUT2D eigenvalue weighted by atomic mass is 9.85. The molecule has 0 radical (unpaired) electrons. The second kappa shape index (κ2) is 4.98. The molecule has 0 saturated carbocycles. The fourth-order valence-corrected chi connectivity index (χ4v) is 4.47. The van der Waals surface area contributed by atoms with Crippen LogP contribution in [-0.4, -0.2) is 39.0 Å². The molecule has 3 aliphatic rings. The van der Waals surface area contributed by atoms with Gasteiger partial charge in [0.25, 0.3) is 0 Å². The van der Waals surface area contributed by atoms with Crippen LogP contribution in [0.4, 0.5) is 10.1 Å². The highest BCUT2D eigenvalue weighted by atomic mass is 32.2. The van der Waals surface area contributed by atoms with E-state index in [1.165, 1.54) is 6.07 Å². The molecule has 7 heteroatoms. The first-order valence-corrected chi connectivity index (χ1v) is 8.23. The molecule has 3 N–H and O–H groups in total. The summed E-state index contributed by atoms with van der Waals surface area (Å²) in [6.07, 6.45) is 2.02. The van der Waals surface area contributed by atoms with Gasteiger partial charge in [-0.15, -0.1) is 0 Å². The molecule has 5 nitrogen and oxygen atoms in total. The SMILES string of the molecule is Nc1cc(F)cc(S(=O)(=O)NC2CN3CCC2CC3)c1. The lowest BCUT2D eigenvalue weighted by molar-refractivity contribution is 0.0827. The van der Waals surface area contributed by atoms with E-state index in [2.05, 4.69) is 9.62 Å². The zero-order chi connectivity index (χ0) is 14.3. The number of anilines is 1. The predicted molar refractivity (Wildman–Crippen MR) is 74.1 cm³/mol. The first-order valence-electron chi connectivity index (χ1n) is 6.75. The van der Waals surface area contributed by atoms with E-state index < -0.39 is 15.8 Å². The molecule has 1 atom stereocenters. The Morgan fingerprint density at radius 2 is 1.95 bits per heavy atom. The number of piperidine rings is 3. The van der Waals surface area contributed by atoms with Gasteiger partial charge in [-0.1, -0.05) is 0 Å². The van der Waals surface area contributed by atoms with E-state index >= 15 is 0 Å². The summed E-state index contributed by atoms with van der Waals surface area (Å²) in [5, 5.41) is 0. The third-order valence-electron chi connectivity index (χ3n) is 4.17. The number of nitrogens with zero attached hydrogens (tertiary/aromatic N) is 1. The molecular weight excluding hydrogens is 281 g/mol. The zero-order valence-corrected chi connectivity index (χ0v) is 11.9. The number of fused-ring (bicyclic) bond motifs is 3. The number of hydrogen-bond acceptors (Lipinski definition) is 4. The average Bonchev–Trinajstić information content (AvgIpc) is 2.38. The number of nitrogens with two attached hydrogens (primary N) is 1. The molecule has 3 fully saturated rings. The molecular formula is C13H18FN3O2S. The minimum atomic E-state index is -3.72. The van der Waals surface area contributed by atoms with Crippen molar-refractivity contribution in [1.29, 1.82) is 0 Å². The lowest BCUT2D eigenvalue weighted by Crippen LogP contribution is -2.57. The Hall–Kier alpha value is -1.18. The second-order valence-corrected chi connectivity index (χ2v) is 7.30. The standard InChI is InChI=1S/C13H18FN3O2S/c14-10-5-11(15)7-12(6-10)20(18,19)16-13-8-17-3-1-9(13)2-4-17/h5-7,9,13,16H,1-4,8,15H2. The smallest absolute Gasteiger partial charge is 0.241 e. The third-order valence-corrected chi connectivity index (χ3v) is 5.64. The van der Waals surface area contributed by atoms with E-state index in [9.17, 15) is 12.8 Å². The van der Waals surface area contributed by atoms with Gasteiger partial charge in [0.05, 0.1) is 4.90 Å². The largest absolute Gasteiger partial charge is 0.399 e. The molecule has 0 aromatic heterocycles. The van der Waals surface area contributed by atoms with Crippen LogP contribution in [0, 0.1) is 11.7 Å². The first kappa shape index (κ1) is 13.8. The first-order chi connectivity index (χ1) is 9.44. The van der Waals surface area contributed by atoms with Crippen LogP contribution < -0.4 is 10.5 Å². The van der Waals surface area contributed by atoms with Crippen molar-refractivity contribution in [3.05, 3.63) is 24.0 Å². The highest BCUT2D eigenvalue weighted by molar-refractivity contribution is 7.89. The van der Waals surface area contributed by atoms with Gasteiger partial charge in [0.15, 0.2) is 0 Å². The molecule has 1 aromatic rings. The highest BCUT2D eigenvalue weighted by Gasteiger charge is 2.36. The molecule has 4 rings (SSSR count). The van der Waals surface area contributed by atoms with Gasteiger partial charge in [0.1, 0.15) is 5.82 Å². The Kier molecular flexibility index (Phi) is 3.43. The number of sulfonamides is 1. The van der Waals surface area contributed by atoms with Crippen molar-refractivity contribution >= 4 is 15.7 Å². The summed E-state index contributed by atoms with van der Waals surface area (Å²) in [5.41, 5.74) is 5.62. The van der Waals surface area contributed by atoms with Crippen molar-refractivity contribution in [3.8, 4) is 0 Å². The molecule has 1 aromatic carbocycles. The molecule has 0 aliphatic carbocycles. The van der Waals surface area contributed by atoms with E-state index in [0.717, 1.165) is 44.6 Å². The van der Waals surface area contributed by atoms with Crippen molar-refractivity contribution in [3.63, 3.8) is 0 Å². The fourth-order valence-electron chi connectivity index (χ4n) is 3.11. The zero-order valence-electron chi connectivity index (χ0n) is 11.0. The van der Waals surface area contributed by atoms with Crippen molar-refractivity contribution in [2.45, 2.75) is 23.8 Å². The maximum absolute atomic E-state index is 13.3. The number of halogens is 1. The normalized spacial score (nSPS) is 29.6. The number of hydrogen-bond donors (Lipinski definition) is 2. The fraction of sp³-hybridized carbons (Fsp3) is 0.538. The highest BCUT2D eigenvalue weighted by Crippen LogP contribution is 2.28. The Morgan fingerprint density at radius 3 is 2.50 bits per heavy atom. The minimum absolute atomic E-state index is 0.0907. The van der Waals surface area contributed by atoms with Crippen molar-refractivity contribution in [2.24, 2.45) is 5.92 Å². The summed E-state index contributed by atoms with van der Waals surface area (Å²) < 4.78 is 40.7. The summed E-state index contributed by atoms with van der Waals surface area (Å²) in [4.78, 5) is 2.15. The van der Waals surface area contributed by atoms with Gasteiger partial charge in [-0.25, -0.2) is 17.5 Å². The van der Waals surface area contributed by atoms with Crippen molar-refractivity contribution in [1.82, 2.24) is 9.62 Å². The van der Waals surface area contributed by atoms with Gasteiger partial charge >= 0.3 is 0 Å².